The van der Waals surface area contributed by atoms with E-state index >= 15 is 0 Å². The van der Waals surface area contributed by atoms with Gasteiger partial charge in [0.2, 0.25) is 0 Å². The van der Waals surface area contributed by atoms with Gasteiger partial charge < -0.3 is 5.32 Å². The fourth-order valence-corrected chi connectivity index (χ4v) is 3.37. The van der Waals surface area contributed by atoms with Gasteiger partial charge in [-0.05, 0) is 26.0 Å². The predicted molar refractivity (Wildman–Crippen MR) is 94.2 cm³/mol. The highest BCUT2D eigenvalue weighted by atomic mass is 35.5. The zero-order valence-electron chi connectivity index (χ0n) is 13.2. The fraction of sp³-hybridized carbons (Fsp3) is 0.250. The molecular formula is C16H16ClN5OS. The van der Waals surface area contributed by atoms with Crippen LogP contribution in [0, 0.1) is 6.92 Å². The second kappa shape index (κ2) is 7.11. The molecule has 1 atom stereocenters. The topological polar surface area (TPSA) is 72.7 Å². The summed E-state index contributed by atoms with van der Waals surface area (Å²) >= 11 is 7.28. The zero-order valence-corrected chi connectivity index (χ0v) is 14.8. The third kappa shape index (κ3) is 3.80. The van der Waals surface area contributed by atoms with Gasteiger partial charge in [-0.15, -0.1) is 11.3 Å². The van der Waals surface area contributed by atoms with Crippen molar-refractivity contribution in [1.82, 2.24) is 25.1 Å². The second-order valence-corrected chi connectivity index (χ2v) is 6.87. The summed E-state index contributed by atoms with van der Waals surface area (Å²) in [6, 6.07) is 7.35. The van der Waals surface area contributed by atoms with E-state index in [1.165, 1.54) is 17.7 Å². The van der Waals surface area contributed by atoms with Gasteiger partial charge in [-0.2, -0.15) is 5.10 Å². The van der Waals surface area contributed by atoms with Gasteiger partial charge in [0.05, 0.1) is 12.2 Å². The summed E-state index contributed by atoms with van der Waals surface area (Å²) in [5.41, 5.74) is 1.66. The number of hydrogen-bond acceptors (Lipinski definition) is 5. The normalized spacial score (nSPS) is 12.1. The summed E-state index contributed by atoms with van der Waals surface area (Å²) in [5.74, 6) is -0.127. The first kappa shape index (κ1) is 16.6. The Bertz CT molecular complexity index is 829. The molecule has 3 aromatic rings. The minimum atomic E-state index is -0.127. The Labute approximate surface area is 148 Å². The van der Waals surface area contributed by atoms with E-state index in [9.17, 15) is 4.79 Å². The maximum atomic E-state index is 12.5. The average Bonchev–Trinajstić information content (AvgIpc) is 3.17. The third-order valence-electron chi connectivity index (χ3n) is 3.40. The molecule has 0 spiro atoms. The summed E-state index contributed by atoms with van der Waals surface area (Å²) in [7, 11) is 0. The number of benzene rings is 1. The van der Waals surface area contributed by atoms with Crippen LogP contribution < -0.4 is 5.32 Å². The van der Waals surface area contributed by atoms with Crippen LogP contribution in [0.15, 0.2) is 36.9 Å². The molecule has 0 radical (unpaired) electrons. The summed E-state index contributed by atoms with van der Waals surface area (Å²) in [5, 5.41) is 8.49. The molecule has 124 valence electrons. The Balaban J connectivity index is 1.72. The van der Waals surface area contributed by atoms with Crippen LogP contribution in [0.1, 0.15) is 22.3 Å². The lowest BCUT2D eigenvalue weighted by molar-refractivity contribution is 0.0939. The van der Waals surface area contributed by atoms with Crippen molar-refractivity contribution in [3.05, 3.63) is 52.5 Å². The van der Waals surface area contributed by atoms with Crippen molar-refractivity contribution in [2.75, 3.05) is 0 Å². The third-order valence-corrected chi connectivity index (χ3v) is 4.86. The number of rotatable bonds is 5. The minimum absolute atomic E-state index is 0.0697. The number of amides is 1. The van der Waals surface area contributed by atoms with Crippen LogP contribution >= 0.6 is 22.9 Å². The molecule has 1 amide bonds. The molecule has 0 fully saturated rings. The SMILES string of the molecule is Cc1nc(-c2ccc(Cl)cc2)sc1C(=O)N[C@@H](C)Cn1cncn1. The Morgan fingerprint density at radius 2 is 2.12 bits per heavy atom. The van der Waals surface area contributed by atoms with Gasteiger partial charge in [-0.25, -0.2) is 9.97 Å². The molecule has 6 nitrogen and oxygen atoms in total. The maximum Gasteiger partial charge on any atom is 0.263 e. The molecular weight excluding hydrogens is 346 g/mol. The molecule has 0 bridgehead atoms. The van der Waals surface area contributed by atoms with E-state index in [2.05, 4.69) is 20.4 Å². The van der Waals surface area contributed by atoms with Crippen LogP contribution in [0.5, 0.6) is 0 Å². The van der Waals surface area contributed by atoms with Crippen molar-refractivity contribution in [2.45, 2.75) is 26.4 Å². The highest BCUT2D eigenvalue weighted by Gasteiger charge is 2.18. The number of aromatic nitrogens is 4. The molecule has 24 heavy (non-hydrogen) atoms. The van der Waals surface area contributed by atoms with Crippen LogP contribution in [0.25, 0.3) is 10.6 Å². The molecule has 0 aliphatic rings. The van der Waals surface area contributed by atoms with Crippen molar-refractivity contribution in [3.8, 4) is 10.6 Å². The average molecular weight is 362 g/mol. The number of thiazole rings is 1. The van der Waals surface area contributed by atoms with E-state index in [4.69, 9.17) is 11.6 Å². The molecule has 3 rings (SSSR count). The number of carbonyl (C=O) groups excluding carboxylic acids is 1. The largest absolute Gasteiger partial charge is 0.347 e. The Hall–Kier alpha value is -2.25. The van der Waals surface area contributed by atoms with Crippen LogP contribution in [-0.4, -0.2) is 31.7 Å². The van der Waals surface area contributed by atoms with Gasteiger partial charge >= 0.3 is 0 Å². The van der Waals surface area contributed by atoms with Gasteiger partial charge in [-0.3, -0.25) is 9.48 Å². The van der Waals surface area contributed by atoms with Gasteiger partial charge in [0.1, 0.15) is 22.5 Å². The molecule has 2 aromatic heterocycles. The standard InChI is InChI=1S/C16H16ClN5OS/c1-10(7-22-9-18-8-19-22)20-15(23)14-11(2)21-16(24-14)12-3-5-13(17)6-4-12/h3-6,8-10H,7H2,1-2H3,(H,20,23)/t10-/m0/s1. The molecule has 0 saturated carbocycles. The molecule has 2 heterocycles. The predicted octanol–water partition coefficient (Wildman–Crippen LogP) is 3.18. The molecule has 1 aromatic carbocycles. The number of nitrogens with one attached hydrogen (secondary N) is 1. The van der Waals surface area contributed by atoms with E-state index in [-0.39, 0.29) is 11.9 Å². The van der Waals surface area contributed by atoms with Gasteiger partial charge in [0.25, 0.3) is 5.91 Å². The van der Waals surface area contributed by atoms with Crippen LogP contribution in [0.4, 0.5) is 0 Å². The van der Waals surface area contributed by atoms with Crippen LogP contribution in [0.3, 0.4) is 0 Å². The van der Waals surface area contributed by atoms with Crippen molar-refractivity contribution in [3.63, 3.8) is 0 Å². The van der Waals surface area contributed by atoms with Gasteiger partial charge in [0.15, 0.2) is 0 Å². The van der Waals surface area contributed by atoms with Crippen LogP contribution in [0.2, 0.25) is 5.02 Å². The van der Waals surface area contributed by atoms with Crippen molar-refractivity contribution >= 4 is 28.8 Å². The van der Waals surface area contributed by atoms with E-state index < -0.39 is 0 Å². The molecule has 0 saturated heterocycles. The van der Waals surface area contributed by atoms with Crippen LogP contribution in [-0.2, 0) is 6.54 Å². The lowest BCUT2D eigenvalue weighted by atomic mass is 10.2. The van der Waals surface area contributed by atoms with Crippen molar-refractivity contribution < 1.29 is 4.79 Å². The molecule has 0 unspecified atom stereocenters. The minimum Gasteiger partial charge on any atom is -0.347 e. The van der Waals surface area contributed by atoms with Gasteiger partial charge in [0, 0.05) is 16.6 Å². The molecule has 0 aliphatic heterocycles. The monoisotopic (exact) mass is 361 g/mol. The summed E-state index contributed by atoms with van der Waals surface area (Å²) in [4.78, 5) is 21.5. The second-order valence-electron chi connectivity index (χ2n) is 5.43. The Morgan fingerprint density at radius 1 is 1.38 bits per heavy atom. The number of hydrogen-bond donors (Lipinski definition) is 1. The van der Waals surface area contributed by atoms with Crippen molar-refractivity contribution in [1.29, 1.82) is 0 Å². The first-order valence-corrected chi connectivity index (χ1v) is 8.59. The number of carbonyl (C=O) groups is 1. The highest BCUT2D eigenvalue weighted by molar-refractivity contribution is 7.17. The number of halogens is 1. The van der Waals surface area contributed by atoms with E-state index in [0.717, 1.165) is 16.3 Å². The lowest BCUT2D eigenvalue weighted by Gasteiger charge is -2.12. The quantitative estimate of drug-likeness (QED) is 0.757. The first-order valence-electron chi connectivity index (χ1n) is 7.39. The fourth-order valence-electron chi connectivity index (χ4n) is 2.27. The number of nitrogens with zero attached hydrogens (tertiary/aromatic N) is 4. The van der Waals surface area contributed by atoms with E-state index in [0.29, 0.717) is 16.4 Å². The smallest absolute Gasteiger partial charge is 0.263 e. The highest BCUT2D eigenvalue weighted by Crippen LogP contribution is 2.28. The van der Waals surface area contributed by atoms with E-state index in [1.807, 2.05) is 38.1 Å². The first-order chi connectivity index (χ1) is 11.5. The number of aryl methyl sites for hydroxylation is 1. The maximum absolute atomic E-state index is 12.5. The molecule has 0 aliphatic carbocycles. The Kier molecular flexibility index (Phi) is 4.92. The summed E-state index contributed by atoms with van der Waals surface area (Å²) < 4.78 is 1.68. The lowest BCUT2D eigenvalue weighted by Crippen LogP contribution is -2.35. The Morgan fingerprint density at radius 3 is 2.79 bits per heavy atom. The van der Waals surface area contributed by atoms with E-state index in [1.54, 1.807) is 11.0 Å². The zero-order chi connectivity index (χ0) is 17.1. The van der Waals surface area contributed by atoms with Gasteiger partial charge in [-0.1, -0.05) is 23.7 Å². The molecule has 1 N–H and O–H groups in total. The summed E-state index contributed by atoms with van der Waals surface area (Å²) in [6.07, 6.45) is 3.10. The summed E-state index contributed by atoms with van der Waals surface area (Å²) in [6.45, 7) is 4.33. The van der Waals surface area contributed by atoms with Crippen molar-refractivity contribution in [2.24, 2.45) is 0 Å². The molecule has 8 heteroatoms.